The van der Waals surface area contributed by atoms with E-state index in [0.29, 0.717) is 5.88 Å². The fraction of sp³-hybridized carbons (Fsp3) is 0.111. The van der Waals surface area contributed by atoms with Gasteiger partial charge < -0.3 is 5.73 Å². The zero-order valence-electron chi connectivity index (χ0n) is 7.31. The number of anilines is 1. The lowest BCUT2D eigenvalue weighted by Gasteiger charge is -1.98. The number of halogens is 1. The van der Waals surface area contributed by atoms with Crippen LogP contribution in [0.4, 0.5) is 11.4 Å². The van der Waals surface area contributed by atoms with Crippen molar-refractivity contribution < 1.29 is 4.92 Å². The molecule has 0 aliphatic carbocycles. The van der Waals surface area contributed by atoms with Crippen molar-refractivity contribution >= 4 is 29.1 Å². The number of hydrogen-bond donors (Lipinski definition) is 1. The first-order chi connectivity index (χ1) is 6.65. The number of allylic oxidation sites excluding steroid dienone is 1. The molecule has 0 saturated heterocycles. The zero-order chi connectivity index (χ0) is 10.6. The van der Waals surface area contributed by atoms with Gasteiger partial charge in [0.05, 0.1) is 4.92 Å². The number of nitro groups is 1. The number of benzene rings is 1. The fourth-order valence-electron chi connectivity index (χ4n) is 1.02. The van der Waals surface area contributed by atoms with Gasteiger partial charge in [-0.25, -0.2) is 0 Å². The minimum Gasteiger partial charge on any atom is -0.393 e. The Morgan fingerprint density at radius 3 is 2.79 bits per heavy atom. The highest BCUT2D eigenvalue weighted by Crippen LogP contribution is 2.22. The Bertz CT molecular complexity index is 377. The lowest BCUT2D eigenvalue weighted by molar-refractivity contribution is -0.383. The first-order valence-corrected chi connectivity index (χ1v) is 4.45. The monoisotopic (exact) mass is 212 g/mol. The molecule has 1 rings (SSSR count). The summed E-state index contributed by atoms with van der Waals surface area (Å²) in [5.41, 5.74) is 6.37. The molecule has 0 amide bonds. The molecule has 0 atom stereocenters. The maximum absolute atomic E-state index is 10.4. The maximum Gasteiger partial charge on any atom is 0.292 e. The van der Waals surface area contributed by atoms with E-state index in [0.717, 1.165) is 5.56 Å². The van der Waals surface area contributed by atoms with E-state index in [-0.39, 0.29) is 11.4 Å². The van der Waals surface area contributed by atoms with Gasteiger partial charge in [0.2, 0.25) is 0 Å². The summed E-state index contributed by atoms with van der Waals surface area (Å²) >= 11 is 5.45. The van der Waals surface area contributed by atoms with Crippen molar-refractivity contribution in [2.24, 2.45) is 0 Å². The lowest BCUT2D eigenvalue weighted by atomic mass is 10.1. The molecule has 0 unspecified atom stereocenters. The molecule has 4 nitrogen and oxygen atoms in total. The number of hydrogen-bond acceptors (Lipinski definition) is 3. The molecule has 1 aromatic carbocycles. The van der Waals surface area contributed by atoms with E-state index in [1.54, 1.807) is 24.3 Å². The van der Waals surface area contributed by atoms with Gasteiger partial charge >= 0.3 is 0 Å². The predicted molar refractivity (Wildman–Crippen MR) is 57.3 cm³/mol. The minimum atomic E-state index is -0.510. The second kappa shape index (κ2) is 4.62. The summed E-state index contributed by atoms with van der Waals surface area (Å²) in [7, 11) is 0. The number of nitrogens with two attached hydrogens (primary N) is 1. The first kappa shape index (κ1) is 10.5. The SMILES string of the molecule is Nc1cc(C=CCCl)ccc1[N+](=O)[O-]. The van der Waals surface area contributed by atoms with Crippen LogP contribution in [0, 0.1) is 10.1 Å². The van der Waals surface area contributed by atoms with Crippen molar-refractivity contribution in [1.29, 1.82) is 0 Å². The molecular formula is C9H9ClN2O2. The summed E-state index contributed by atoms with van der Waals surface area (Å²) in [4.78, 5) is 9.92. The average Bonchev–Trinajstić information content (AvgIpc) is 2.14. The van der Waals surface area contributed by atoms with Crippen LogP contribution < -0.4 is 5.73 Å². The molecule has 0 radical (unpaired) electrons. The summed E-state index contributed by atoms with van der Waals surface area (Å²) in [6.45, 7) is 0. The van der Waals surface area contributed by atoms with E-state index in [4.69, 9.17) is 17.3 Å². The van der Waals surface area contributed by atoms with Crippen LogP contribution in [0.2, 0.25) is 0 Å². The van der Waals surface area contributed by atoms with E-state index in [2.05, 4.69) is 0 Å². The number of nitro benzene ring substituents is 1. The molecule has 5 heteroatoms. The molecule has 2 N–H and O–H groups in total. The first-order valence-electron chi connectivity index (χ1n) is 3.91. The molecule has 1 aromatic rings. The highest BCUT2D eigenvalue weighted by molar-refractivity contribution is 6.19. The normalized spacial score (nSPS) is 10.6. The van der Waals surface area contributed by atoms with Crippen LogP contribution in [0.25, 0.3) is 6.08 Å². The van der Waals surface area contributed by atoms with Crippen molar-refractivity contribution in [1.82, 2.24) is 0 Å². The molecule has 0 aromatic heterocycles. The minimum absolute atomic E-state index is 0.0759. The van der Waals surface area contributed by atoms with Crippen LogP contribution in [-0.2, 0) is 0 Å². The largest absolute Gasteiger partial charge is 0.393 e. The van der Waals surface area contributed by atoms with Crippen LogP contribution in [0.3, 0.4) is 0 Å². The zero-order valence-corrected chi connectivity index (χ0v) is 8.07. The summed E-state index contributed by atoms with van der Waals surface area (Å²) in [5, 5.41) is 10.4. The molecule has 74 valence electrons. The van der Waals surface area contributed by atoms with Gasteiger partial charge in [0.15, 0.2) is 0 Å². The third-order valence-electron chi connectivity index (χ3n) is 1.65. The molecule has 0 aliphatic rings. The van der Waals surface area contributed by atoms with Crippen LogP contribution in [0.1, 0.15) is 5.56 Å². The summed E-state index contributed by atoms with van der Waals surface area (Å²) in [6, 6.07) is 4.54. The highest BCUT2D eigenvalue weighted by atomic mass is 35.5. The third-order valence-corrected chi connectivity index (χ3v) is 1.83. The third kappa shape index (κ3) is 2.47. The molecule has 0 aliphatic heterocycles. The number of nitrogen functional groups attached to an aromatic ring is 1. The summed E-state index contributed by atoms with van der Waals surface area (Å²) < 4.78 is 0. The van der Waals surface area contributed by atoms with E-state index in [9.17, 15) is 10.1 Å². The van der Waals surface area contributed by atoms with Gasteiger partial charge in [-0.15, -0.1) is 11.6 Å². The Labute approximate surface area is 86.1 Å². The molecular weight excluding hydrogens is 204 g/mol. The lowest BCUT2D eigenvalue weighted by Crippen LogP contribution is -1.95. The van der Waals surface area contributed by atoms with Crippen LogP contribution in [0.15, 0.2) is 24.3 Å². The Morgan fingerprint density at radius 1 is 1.57 bits per heavy atom. The van der Waals surface area contributed by atoms with Gasteiger partial charge in [0.1, 0.15) is 5.69 Å². The molecule has 0 spiro atoms. The summed E-state index contributed by atoms with van der Waals surface area (Å²) in [5.74, 6) is 0.400. The van der Waals surface area contributed by atoms with Crippen LogP contribution in [-0.4, -0.2) is 10.8 Å². The average molecular weight is 213 g/mol. The van der Waals surface area contributed by atoms with Gasteiger partial charge in [-0.1, -0.05) is 12.2 Å². The molecule has 0 saturated carbocycles. The smallest absolute Gasteiger partial charge is 0.292 e. The molecule has 0 bridgehead atoms. The van der Waals surface area contributed by atoms with Crippen molar-refractivity contribution in [3.8, 4) is 0 Å². The van der Waals surface area contributed by atoms with Gasteiger partial charge in [0.25, 0.3) is 5.69 Å². The van der Waals surface area contributed by atoms with E-state index >= 15 is 0 Å². The van der Waals surface area contributed by atoms with E-state index < -0.39 is 4.92 Å². The fourth-order valence-corrected chi connectivity index (χ4v) is 1.11. The van der Waals surface area contributed by atoms with E-state index in [1.165, 1.54) is 6.07 Å². The highest BCUT2D eigenvalue weighted by Gasteiger charge is 2.09. The van der Waals surface area contributed by atoms with Crippen molar-refractivity contribution in [2.45, 2.75) is 0 Å². The van der Waals surface area contributed by atoms with Crippen molar-refractivity contribution in [2.75, 3.05) is 11.6 Å². The maximum atomic E-state index is 10.4. The second-order valence-electron chi connectivity index (χ2n) is 2.63. The van der Waals surface area contributed by atoms with Crippen LogP contribution in [0.5, 0.6) is 0 Å². The Balaban J connectivity index is 3.00. The quantitative estimate of drug-likeness (QED) is 0.362. The Hall–Kier alpha value is -1.55. The van der Waals surface area contributed by atoms with Crippen molar-refractivity contribution in [3.63, 3.8) is 0 Å². The van der Waals surface area contributed by atoms with Gasteiger partial charge in [0, 0.05) is 11.9 Å². The number of nitrogens with zero attached hydrogens (tertiary/aromatic N) is 1. The summed E-state index contributed by atoms with van der Waals surface area (Å²) in [6.07, 6.45) is 3.50. The van der Waals surface area contributed by atoms with E-state index in [1.807, 2.05) is 0 Å². The van der Waals surface area contributed by atoms with Crippen molar-refractivity contribution in [3.05, 3.63) is 40.0 Å². The topological polar surface area (TPSA) is 69.2 Å². The van der Waals surface area contributed by atoms with Gasteiger partial charge in [-0.2, -0.15) is 0 Å². The second-order valence-corrected chi connectivity index (χ2v) is 2.94. The standard InChI is InChI=1S/C9H9ClN2O2/c10-5-1-2-7-3-4-9(12(13)14)8(11)6-7/h1-4,6H,5,11H2. The Morgan fingerprint density at radius 2 is 2.29 bits per heavy atom. The van der Waals surface area contributed by atoms with Crippen LogP contribution >= 0.6 is 11.6 Å². The molecule has 0 heterocycles. The number of alkyl halides is 1. The van der Waals surface area contributed by atoms with Gasteiger partial charge in [-0.3, -0.25) is 10.1 Å². The Kier molecular flexibility index (Phi) is 3.48. The predicted octanol–water partition coefficient (Wildman–Crippen LogP) is 2.43. The van der Waals surface area contributed by atoms with Gasteiger partial charge in [-0.05, 0) is 17.7 Å². The molecule has 0 fully saturated rings. The molecule has 14 heavy (non-hydrogen) atoms. The number of rotatable bonds is 3.